The van der Waals surface area contributed by atoms with Gasteiger partial charge in [-0.25, -0.2) is 4.79 Å². The molecule has 2 aromatic carbocycles. The number of rotatable bonds is 4. The minimum Gasteiger partial charge on any atom is -0.496 e. The number of carbonyl (C=O) groups is 1. The van der Waals surface area contributed by atoms with E-state index in [2.05, 4.69) is 0 Å². The van der Waals surface area contributed by atoms with Gasteiger partial charge in [-0.05, 0) is 56.4 Å². The van der Waals surface area contributed by atoms with Crippen molar-refractivity contribution in [1.29, 1.82) is 0 Å². The van der Waals surface area contributed by atoms with Crippen LogP contribution < -0.4 is 4.74 Å². The molecule has 0 fully saturated rings. The molecule has 0 spiro atoms. The van der Waals surface area contributed by atoms with Crippen molar-refractivity contribution in [3.8, 4) is 5.75 Å². The monoisotopic (exact) mass is 375 g/mol. The third-order valence-corrected chi connectivity index (χ3v) is 5.42. The fourth-order valence-corrected chi connectivity index (χ4v) is 4.02. The van der Waals surface area contributed by atoms with Gasteiger partial charge in [0.1, 0.15) is 12.4 Å². The average Bonchev–Trinajstić information content (AvgIpc) is 2.95. The number of ether oxygens (including phenoxy) is 2. The first-order chi connectivity index (χ1) is 13.7. The maximum absolute atomic E-state index is 13.2. The Morgan fingerprint density at radius 1 is 1.07 bits per heavy atom. The van der Waals surface area contributed by atoms with Crippen LogP contribution in [0.2, 0.25) is 0 Å². The van der Waals surface area contributed by atoms with Gasteiger partial charge in [0.2, 0.25) is 0 Å². The van der Waals surface area contributed by atoms with E-state index in [0.29, 0.717) is 5.56 Å². The zero-order chi connectivity index (χ0) is 19.5. The van der Waals surface area contributed by atoms with Crippen LogP contribution in [0.5, 0.6) is 5.75 Å². The van der Waals surface area contributed by atoms with E-state index in [1.165, 1.54) is 6.42 Å². The highest BCUT2D eigenvalue weighted by Gasteiger charge is 2.23. The van der Waals surface area contributed by atoms with E-state index in [4.69, 9.17) is 14.5 Å². The first-order valence-electron chi connectivity index (χ1n) is 9.88. The number of pyridine rings is 1. The number of aromatic nitrogens is 1. The SMILES string of the molecule is COc1ccc(C)cc1COC(=O)c1c2c(nc3ccccc13)CCCCC2. The molecule has 0 radical (unpaired) electrons. The molecule has 1 aliphatic carbocycles. The average molecular weight is 375 g/mol. The predicted octanol–water partition coefficient (Wildman–Crippen LogP) is 5.18. The highest BCUT2D eigenvalue weighted by molar-refractivity contribution is 6.05. The molecule has 4 rings (SSSR count). The van der Waals surface area contributed by atoms with E-state index in [0.717, 1.165) is 64.7 Å². The molecule has 4 nitrogen and oxygen atoms in total. The molecule has 28 heavy (non-hydrogen) atoms. The summed E-state index contributed by atoms with van der Waals surface area (Å²) >= 11 is 0. The summed E-state index contributed by atoms with van der Waals surface area (Å²) in [6.07, 6.45) is 5.17. The first-order valence-corrected chi connectivity index (χ1v) is 9.88. The Balaban J connectivity index is 1.71. The van der Waals surface area contributed by atoms with Crippen molar-refractivity contribution in [1.82, 2.24) is 4.98 Å². The Morgan fingerprint density at radius 2 is 1.89 bits per heavy atom. The zero-order valence-corrected chi connectivity index (χ0v) is 16.5. The standard InChI is InChI=1S/C24H25NO3/c1-16-12-13-22(27-2)17(14-16)15-28-24(26)23-18-8-4-3-5-10-20(18)25-21-11-7-6-9-19(21)23/h6-7,9,11-14H,3-5,8,10,15H2,1-2H3. The molecule has 0 saturated heterocycles. The minimum atomic E-state index is -0.277. The highest BCUT2D eigenvalue weighted by Crippen LogP contribution is 2.30. The van der Waals surface area contributed by atoms with Gasteiger partial charge in [0.15, 0.2) is 0 Å². The molecule has 0 bridgehead atoms. The Labute approximate surface area is 165 Å². The van der Waals surface area contributed by atoms with Crippen LogP contribution in [0, 0.1) is 6.92 Å². The van der Waals surface area contributed by atoms with Crippen molar-refractivity contribution in [3.63, 3.8) is 0 Å². The summed E-state index contributed by atoms with van der Waals surface area (Å²) < 4.78 is 11.2. The molecule has 0 unspecified atom stereocenters. The van der Waals surface area contributed by atoms with Gasteiger partial charge in [0.25, 0.3) is 0 Å². The lowest BCUT2D eigenvalue weighted by molar-refractivity contribution is 0.0471. The maximum atomic E-state index is 13.2. The second-order valence-electron chi connectivity index (χ2n) is 7.38. The topological polar surface area (TPSA) is 48.4 Å². The Bertz CT molecular complexity index is 1030. The summed E-state index contributed by atoms with van der Waals surface area (Å²) in [5.41, 5.74) is 5.65. The maximum Gasteiger partial charge on any atom is 0.339 e. The second-order valence-corrected chi connectivity index (χ2v) is 7.38. The van der Waals surface area contributed by atoms with Crippen LogP contribution in [-0.4, -0.2) is 18.1 Å². The normalized spacial score (nSPS) is 13.6. The molecule has 3 aromatic rings. The molecule has 0 aliphatic heterocycles. The third-order valence-electron chi connectivity index (χ3n) is 5.42. The molecule has 0 atom stereocenters. The molecule has 1 aromatic heterocycles. The molecule has 0 amide bonds. The third kappa shape index (κ3) is 3.59. The molecule has 0 N–H and O–H groups in total. The fourth-order valence-electron chi connectivity index (χ4n) is 4.02. The molecular formula is C24H25NO3. The van der Waals surface area contributed by atoms with Crippen molar-refractivity contribution >= 4 is 16.9 Å². The van der Waals surface area contributed by atoms with Gasteiger partial charge in [-0.3, -0.25) is 4.98 Å². The van der Waals surface area contributed by atoms with Gasteiger partial charge >= 0.3 is 5.97 Å². The van der Waals surface area contributed by atoms with Gasteiger partial charge in [-0.15, -0.1) is 0 Å². The van der Waals surface area contributed by atoms with Crippen LogP contribution in [0.1, 0.15) is 52.0 Å². The lowest BCUT2D eigenvalue weighted by Gasteiger charge is -2.16. The number of fused-ring (bicyclic) bond motifs is 2. The van der Waals surface area contributed by atoms with Crippen LogP contribution in [0.3, 0.4) is 0 Å². The van der Waals surface area contributed by atoms with E-state index in [9.17, 15) is 4.79 Å². The lowest BCUT2D eigenvalue weighted by Crippen LogP contribution is -2.13. The van der Waals surface area contributed by atoms with Crippen molar-refractivity contribution < 1.29 is 14.3 Å². The minimum absolute atomic E-state index is 0.190. The molecule has 0 saturated carbocycles. The van der Waals surface area contributed by atoms with Gasteiger partial charge < -0.3 is 9.47 Å². The van der Waals surface area contributed by atoms with Crippen LogP contribution in [-0.2, 0) is 24.2 Å². The quantitative estimate of drug-likeness (QED) is 0.466. The Morgan fingerprint density at radius 3 is 2.75 bits per heavy atom. The van der Waals surface area contributed by atoms with Crippen molar-refractivity contribution in [3.05, 3.63) is 70.4 Å². The summed E-state index contributed by atoms with van der Waals surface area (Å²) in [5, 5.41) is 0.879. The molecule has 1 heterocycles. The molecule has 144 valence electrons. The number of hydrogen-bond acceptors (Lipinski definition) is 4. The van der Waals surface area contributed by atoms with Crippen LogP contribution in [0.4, 0.5) is 0 Å². The van der Waals surface area contributed by atoms with Crippen molar-refractivity contribution in [2.45, 2.75) is 45.6 Å². The highest BCUT2D eigenvalue weighted by atomic mass is 16.5. The van der Waals surface area contributed by atoms with E-state index in [1.807, 2.05) is 49.4 Å². The second kappa shape index (κ2) is 8.01. The lowest BCUT2D eigenvalue weighted by atomic mass is 9.97. The number of nitrogens with zero attached hydrogens (tertiary/aromatic N) is 1. The summed E-state index contributed by atoms with van der Waals surface area (Å²) in [6, 6.07) is 13.8. The number of benzene rings is 2. The largest absolute Gasteiger partial charge is 0.496 e. The number of carbonyl (C=O) groups excluding carboxylic acids is 1. The van der Waals surface area contributed by atoms with Gasteiger partial charge in [-0.2, -0.15) is 0 Å². The van der Waals surface area contributed by atoms with Crippen LogP contribution >= 0.6 is 0 Å². The number of para-hydroxylation sites is 1. The summed E-state index contributed by atoms with van der Waals surface area (Å²) in [6.45, 7) is 2.20. The molecule has 4 heteroatoms. The number of methoxy groups -OCH3 is 1. The Kier molecular flexibility index (Phi) is 5.29. The van der Waals surface area contributed by atoms with Crippen molar-refractivity contribution in [2.24, 2.45) is 0 Å². The van der Waals surface area contributed by atoms with Crippen LogP contribution in [0.15, 0.2) is 42.5 Å². The zero-order valence-electron chi connectivity index (χ0n) is 16.5. The van der Waals surface area contributed by atoms with Gasteiger partial charge in [0, 0.05) is 16.6 Å². The van der Waals surface area contributed by atoms with E-state index < -0.39 is 0 Å². The Hall–Kier alpha value is -2.88. The number of esters is 1. The molecule has 1 aliphatic rings. The van der Waals surface area contributed by atoms with Crippen LogP contribution in [0.25, 0.3) is 10.9 Å². The van der Waals surface area contributed by atoms with Gasteiger partial charge in [-0.1, -0.05) is 36.2 Å². The summed E-state index contributed by atoms with van der Waals surface area (Å²) in [4.78, 5) is 18.1. The smallest absolute Gasteiger partial charge is 0.339 e. The van der Waals surface area contributed by atoms with E-state index in [1.54, 1.807) is 7.11 Å². The van der Waals surface area contributed by atoms with Crippen molar-refractivity contribution in [2.75, 3.05) is 7.11 Å². The predicted molar refractivity (Wildman–Crippen MR) is 110 cm³/mol. The molecular weight excluding hydrogens is 350 g/mol. The fraction of sp³-hybridized carbons (Fsp3) is 0.333. The van der Waals surface area contributed by atoms with Gasteiger partial charge in [0.05, 0.1) is 18.2 Å². The number of aryl methyl sites for hydroxylation is 2. The van der Waals surface area contributed by atoms with E-state index >= 15 is 0 Å². The van der Waals surface area contributed by atoms with E-state index in [-0.39, 0.29) is 12.6 Å². The number of hydrogen-bond donors (Lipinski definition) is 0. The first kappa shape index (κ1) is 18.5. The summed E-state index contributed by atoms with van der Waals surface area (Å²) in [7, 11) is 1.63. The summed E-state index contributed by atoms with van der Waals surface area (Å²) in [5.74, 6) is 0.456.